The van der Waals surface area contributed by atoms with Crippen molar-refractivity contribution in [3.8, 4) is 0 Å². The van der Waals surface area contributed by atoms with Gasteiger partial charge in [0.25, 0.3) is 5.56 Å². The van der Waals surface area contributed by atoms with Gasteiger partial charge in [-0.2, -0.15) is 5.10 Å². The van der Waals surface area contributed by atoms with Crippen LogP contribution in [-0.4, -0.2) is 64.4 Å². The van der Waals surface area contributed by atoms with E-state index in [9.17, 15) is 19.5 Å². The Balaban J connectivity index is 1.20. The first-order chi connectivity index (χ1) is 18.9. The number of nitrogens with one attached hydrogen (secondary N) is 1. The second-order valence-electron chi connectivity index (χ2n) is 10.8. The maximum Gasteiger partial charge on any atom is 0.306 e. The molecule has 0 spiro atoms. The highest BCUT2D eigenvalue weighted by Gasteiger charge is 2.27. The fourth-order valence-electron chi connectivity index (χ4n) is 5.95. The van der Waals surface area contributed by atoms with Crippen molar-refractivity contribution in [3.05, 3.63) is 64.4 Å². The van der Waals surface area contributed by atoms with Gasteiger partial charge in [0, 0.05) is 37.6 Å². The average Bonchev–Trinajstić information content (AvgIpc) is 2.94. The van der Waals surface area contributed by atoms with Gasteiger partial charge in [-0.25, -0.2) is 4.68 Å². The molecule has 0 bridgehead atoms. The number of aromatic nitrogens is 2. The number of amides is 1. The molecule has 2 N–H and O–H groups in total. The molecular weight excluding hydrogens is 494 g/mol. The van der Waals surface area contributed by atoms with E-state index in [0.29, 0.717) is 43.8 Å². The number of hydrogen-bond donors (Lipinski definition) is 2. The number of aliphatic carboxylic acids is 1. The number of carbonyl (C=O) groups is 2. The van der Waals surface area contributed by atoms with Gasteiger partial charge in [-0.3, -0.25) is 14.4 Å². The smallest absolute Gasteiger partial charge is 0.306 e. The summed E-state index contributed by atoms with van der Waals surface area (Å²) in [6, 6.07) is 15.7. The highest BCUT2D eigenvalue weighted by atomic mass is 16.4. The van der Waals surface area contributed by atoms with E-state index in [2.05, 4.69) is 27.2 Å². The maximum atomic E-state index is 13.2. The summed E-state index contributed by atoms with van der Waals surface area (Å²) in [6.07, 6.45) is 4.12. The van der Waals surface area contributed by atoms with E-state index in [0.717, 1.165) is 55.8 Å². The zero-order valence-corrected chi connectivity index (χ0v) is 22.5. The van der Waals surface area contributed by atoms with E-state index >= 15 is 0 Å². The minimum Gasteiger partial charge on any atom is -0.481 e. The van der Waals surface area contributed by atoms with Crippen molar-refractivity contribution < 1.29 is 14.7 Å². The molecule has 0 atom stereocenters. The van der Waals surface area contributed by atoms with Gasteiger partial charge in [-0.05, 0) is 81.4 Å². The molecule has 9 nitrogen and oxygen atoms in total. The van der Waals surface area contributed by atoms with Gasteiger partial charge in [0.1, 0.15) is 0 Å². The van der Waals surface area contributed by atoms with E-state index < -0.39 is 5.97 Å². The number of carboxylic acids is 1. The number of carboxylic acid groups (broad SMARTS) is 1. The third-order valence-corrected chi connectivity index (χ3v) is 8.10. The Bertz CT molecular complexity index is 1390. The molecule has 3 aromatic rings. The number of aryl methyl sites for hydroxylation is 1. The average molecular weight is 532 g/mol. The molecule has 2 aliphatic heterocycles. The molecule has 0 unspecified atom stereocenters. The molecule has 0 saturated carbocycles. The van der Waals surface area contributed by atoms with Crippen LogP contribution in [0.4, 0.5) is 11.5 Å². The molecule has 39 heavy (non-hydrogen) atoms. The van der Waals surface area contributed by atoms with Gasteiger partial charge in [-0.15, -0.1) is 0 Å². The molecule has 1 amide bonds. The number of rotatable bonds is 8. The highest BCUT2D eigenvalue weighted by molar-refractivity contribution is 5.91. The molecule has 2 saturated heterocycles. The maximum absolute atomic E-state index is 13.2. The van der Waals surface area contributed by atoms with Gasteiger partial charge in [0.05, 0.1) is 11.3 Å². The van der Waals surface area contributed by atoms with Crippen LogP contribution >= 0.6 is 0 Å². The quantitative estimate of drug-likeness (QED) is 0.454. The minimum absolute atomic E-state index is 0.0585. The first-order valence-electron chi connectivity index (χ1n) is 14.0. The summed E-state index contributed by atoms with van der Waals surface area (Å²) in [7, 11) is 0. The number of benzene rings is 2. The van der Waals surface area contributed by atoms with Gasteiger partial charge in [0.15, 0.2) is 5.82 Å². The Morgan fingerprint density at radius 2 is 1.67 bits per heavy atom. The fourth-order valence-corrected chi connectivity index (χ4v) is 5.95. The van der Waals surface area contributed by atoms with Crippen molar-refractivity contribution in [2.45, 2.75) is 51.5 Å². The monoisotopic (exact) mass is 531 g/mol. The van der Waals surface area contributed by atoms with Crippen LogP contribution < -0.4 is 15.8 Å². The molecule has 206 valence electrons. The number of carbonyl (C=O) groups excluding carboxylic acids is 1. The standard InChI is InChI=1S/C30H37N5O4/c1-21(36)31-25-7-4-6-24(20-25)22-10-16-33(17-11-22)14-5-15-35-29(37)27-9-3-2-8-26(27)28(32-35)34-18-12-23(13-19-34)30(38)39/h2-4,6-9,20,22-23H,5,10-19H2,1H3,(H,31,36)(H,38,39). The number of fused-ring (bicyclic) bond motifs is 1. The van der Waals surface area contributed by atoms with Crippen LogP contribution in [0.3, 0.4) is 0 Å². The third-order valence-electron chi connectivity index (χ3n) is 8.10. The molecule has 0 radical (unpaired) electrons. The summed E-state index contributed by atoms with van der Waals surface area (Å²) in [4.78, 5) is 40.6. The molecule has 3 heterocycles. The van der Waals surface area contributed by atoms with Crippen LogP contribution in [0.1, 0.15) is 50.5 Å². The lowest BCUT2D eigenvalue weighted by Gasteiger charge is -2.32. The zero-order chi connectivity index (χ0) is 27.4. The van der Waals surface area contributed by atoms with Crippen LogP contribution in [-0.2, 0) is 16.1 Å². The SMILES string of the molecule is CC(=O)Nc1cccc(C2CCN(CCCn3nc(N4CCC(C(=O)O)CC4)c4ccccc4c3=O)CC2)c1. The topological polar surface area (TPSA) is 108 Å². The summed E-state index contributed by atoms with van der Waals surface area (Å²) < 4.78 is 1.60. The van der Waals surface area contributed by atoms with Crippen LogP contribution in [0.25, 0.3) is 10.8 Å². The van der Waals surface area contributed by atoms with E-state index in [-0.39, 0.29) is 17.4 Å². The molecular formula is C30H37N5O4. The predicted molar refractivity (Wildman–Crippen MR) is 152 cm³/mol. The minimum atomic E-state index is -0.736. The predicted octanol–water partition coefficient (Wildman–Crippen LogP) is 3.93. The first-order valence-corrected chi connectivity index (χ1v) is 14.0. The van der Waals surface area contributed by atoms with Crippen molar-refractivity contribution in [3.63, 3.8) is 0 Å². The first kappa shape index (κ1) is 26.9. The van der Waals surface area contributed by atoms with Gasteiger partial charge in [-0.1, -0.05) is 30.3 Å². The second-order valence-corrected chi connectivity index (χ2v) is 10.8. The third kappa shape index (κ3) is 6.30. The fraction of sp³-hybridized carbons (Fsp3) is 0.467. The summed E-state index contributed by atoms with van der Waals surface area (Å²) in [5, 5.41) is 18.5. The molecule has 2 aliphatic rings. The Morgan fingerprint density at radius 3 is 2.36 bits per heavy atom. The van der Waals surface area contributed by atoms with Crippen LogP contribution in [0.2, 0.25) is 0 Å². The van der Waals surface area contributed by atoms with Crippen molar-refractivity contribution in [2.24, 2.45) is 5.92 Å². The Hall–Kier alpha value is -3.72. The van der Waals surface area contributed by atoms with E-state index in [1.807, 2.05) is 36.4 Å². The normalized spacial score (nSPS) is 17.4. The largest absolute Gasteiger partial charge is 0.481 e. The summed E-state index contributed by atoms with van der Waals surface area (Å²) in [6.45, 7) is 6.21. The van der Waals surface area contributed by atoms with E-state index in [4.69, 9.17) is 5.10 Å². The van der Waals surface area contributed by atoms with Crippen molar-refractivity contribution in [1.82, 2.24) is 14.7 Å². The van der Waals surface area contributed by atoms with E-state index in [1.54, 1.807) is 4.68 Å². The Labute approximate surface area is 228 Å². The molecule has 1 aromatic heterocycles. The lowest BCUT2D eigenvalue weighted by atomic mass is 9.89. The van der Waals surface area contributed by atoms with Gasteiger partial charge < -0.3 is 20.2 Å². The number of likely N-dealkylation sites (tertiary alicyclic amines) is 1. The highest BCUT2D eigenvalue weighted by Crippen LogP contribution is 2.30. The van der Waals surface area contributed by atoms with Gasteiger partial charge in [0.2, 0.25) is 5.91 Å². The van der Waals surface area contributed by atoms with Crippen LogP contribution in [0.5, 0.6) is 0 Å². The lowest BCUT2D eigenvalue weighted by molar-refractivity contribution is -0.142. The summed E-state index contributed by atoms with van der Waals surface area (Å²) >= 11 is 0. The zero-order valence-electron chi connectivity index (χ0n) is 22.5. The lowest BCUT2D eigenvalue weighted by Crippen LogP contribution is -2.38. The van der Waals surface area contributed by atoms with Crippen LogP contribution in [0.15, 0.2) is 53.3 Å². The number of hydrogen-bond acceptors (Lipinski definition) is 6. The Kier molecular flexibility index (Phi) is 8.26. The van der Waals surface area contributed by atoms with E-state index in [1.165, 1.54) is 12.5 Å². The van der Waals surface area contributed by atoms with Crippen molar-refractivity contribution in [2.75, 3.05) is 42.9 Å². The summed E-state index contributed by atoms with van der Waals surface area (Å²) in [5.41, 5.74) is 2.04. The molecule has 2 fully saturated rings. The van der Waals surface area contributed by atoms with Gasteiger partial charge >= 0.3 is 5.97 Å². The molecule has 2 aromatic carbocycles. The summed E-state index contributed by atoms with van der Waals surface area (Å²) in [5.74, 6) is 0.143. The number of anilines is 2. The molecule has 0 aliphatic carbocycles. The Morgan fingerprint density at radius 1 is 0.949 bits per heavy atom. The number of piperidine rings is 2. The van der Waals surface area contributed by atoms with Crippen molar-refractivity contribution >= 4 is 34.2 Å². The van der Waals surface area contributed by atoms with Crippen LogP contribution in [0, 0.1) is 5.92 Å². The molecule has 5 rings (SSSR count). The second kappa shape index (κ2) is 12.0. The van der Waals surface area contributed by atoms with Crippen molar-refractivity contribution in [1.29, 1.82) is 0 Å². The molecule has 9 heteroatoms. The number of nitrogens with zero attached hydrogens (tertiary/aromatic N) is 4.